The van der Waals surface area contributed by atoms with Crippen molar-refractivity contribution in [2.75, 3.05) is 0 Å². The number of hydrogen-bond donors (Lipinski definition) is 2. The fourth-order valence-corrected chi connectivity index (χ4v) is 10.7. The van der Waals surface area contributed by atoms with Crippen LogP contribution in [0.1, 0.15) is 106 Å². The molecule has 0 bridgehead atoms. The van der Waals surface area contributed by atoms with Gasteiger partial charge in [-0.3, -0.25) is 0 Å². The minimum absolute atomic E-state index is 0.0204. The van der Waals surface area contributed by atoms with Crippen molar-refractivity contribution >= 4 is 0 Å². The average Bonchev–Trinajstić information content (AvgIpc) is 2.68. The number of aliphatic hydroxyl groups excluding tert-OH is 2. The first kappa shape index (κ1) is 22.5. The molecule has 10 atom stereocenters. The Hall–Kier alpha value is -0.340. The fourth-order valence-electron chi connectivity index (χ4n) is 10.7. The van der Waals surface area contributed by atoms with E-state index < -0.39 is 0 Å². The van der Waals surface area contributed by atoms with E-state index in [0.717, 1.165) is 19.3 Å². The zero-order valence-electron chi connectivity index (χ0n) is 21.3. The maximum atomic E-state index is 11.9. The number of fused-ring (bicyclic) bond motifs is 7. The highest BCUT2D eigenvalue weighted by Crippen LogP contribution is 2.76. The van der Waals surface area contributed by atoms with Crippen LogP contribution in [0.2, 0.25) is 0 Å². The Balaban J connectivity index is 1.57. The van der Waals surface area contributed by atoms with Crippen LogP contribution in [0.5, 0.6) is 0 Å². The molecule has 0 radical (unpaired) electrons. The second-order valence-electron chi connectivity index (χ2n) is 14.4. The van der Waals surface area contributed by atoms with Crippen molar-refractivity contribution in [3.63, 3.8) is 0 Å². The van der Waals surface area contributed by atoms with Gasteiger partial charge in [-0.25, -0.2) is 0 Å². The number of allylic oxidation sites excluding steroid dienone is 2. The smallest absolute Gasteiger partial charge is 0.0594 e. The lowest BCUT2D eigenvalue weighted by Gasteiger charge is -2.74. The van der Waals surface area contributed by atoms with Gasteiger partial charge < -0.3 is 10.2 Å². The molecule has 2 N–H and O–H groups in total. The van der Waals surface area contributed by atoms with Crippen molar-refractivity contribution in [1.29, 1.82) is 0 Å². The third-order valence-electron chi connectivity index (χ3n) is 13.0. The van der Waals surface area contributed by atoms with Crippen molar-refractivity contribution in [3.8, 4) is 0 Å². The van der Waals surface area contributed by atoms with Gasteiger partial charge in [0.05, 0.1) is 12.2 Å². The summed E-state index contributed by atoms with van der Waals surface area (Å²) in [6.45, 7) is 17.2. The van der Waals surface area contributed by atoms with Gasteiger partial charge in [0.1, 0.15) is 0 Å². The lowest BCUT2D eigenvalue weighted by Crippen LogP contribution is -2.69. The largest absolute Gasteiger partial charge is 0.393 e. The molecule has 31 heavy (non-hydrogen) atoms. The molecule has 176 valence electrons. The molecule has 0 aromatic rings. The second-order valence-corrected chi connectivity index (χ2v) is 14.4. The molecule has 0 saturated heterocycles. The highest BCUT2D eigenvalue weighted by Gasteiger charge is 2.70. The van der Waals surface area contributed by atoms with Gasteiger partial charge in [-0.1, -0.05) is 53.2 Å². The average molecular weight is 429 g/mol. The van der Waals surface area contributed by atoms with Gasteiger partial charge in [-0.2, -0.15) is 0 Å². The van der Waals surface area contributed by atoms with E-state index in [1.807, 2.05) is 0 Å². The molecule has 0 spiro atoms. The summed E-state index contributed by atoms with van der Waals surface area (Å²) < 4.78 is 0. The van der Waals surface area contributed by atoms with E-state index in [1.54, 1.807) is 5.57 Å². The van der Waals surface area contributed by atoms with Crippen molar-refractivity contribution in [2.24, 2.45) is 50.7 Å². The Kier molecular flexibility index (Phi) is 4.80. The molecular weight excluding hydrogens is 380 g/mol. The standard InChI is InChI=1S/C29H48O2/c1-18-8-11-26(4)14-15-29(7)24(19(26)16-18)20(30)17-22-27(5)12-10-23(31)25(2,3)21(27)9-13-28(22,29)6/h8,19-24,30-31H,9-17H2,1-7H3/t19?,20?,21?,22?,23-,24-,26+,27-,28+,29?/m0/s1. The van der Waals surface area contributed by atoms with E-state index in [-0.39, 0.29) is 33.9 Å². The van der Waals surface area contributed by atoms with Crippen LogP contribution in [0.4, 0.5) is 0 Å². The lowest BCUT2D eigenvalue weighted by molar-refractivity contribution is -0.271. The first-order valence-electron chi connectivity index (χ1n) is 13.3. The highest BCUT2D eigenvalue weighted by molar-refractivity contribution is 5.22. The van der Waals surface area contributed by atoms with Crippen LogP contribution in [0.15, 0.2) is 11.6 Å². The summed E-state index contributed by atoms with van der Waals surface area (Å²) in [5.41, 5.74) is 2.62. The van der Waals surface area contributed by atoms with Crippen molar-refractivity contribution in [1.82, 2.24) is 0 Å². The molecule has 0 aromatic carbocycles. The Bertz CT molecular complexity index is 784. The molecule has 5 unspecified atom stereocenters. The third kappa shape index (κ3) is 2.70. The van der Waals surface area contributed by atoms with Gasteiger partial charge >= 0.3 is 0 Å². The Labute approximate surface area is 191 Å². The summed E-state index contributed by atoms with van der Waals surface area (Å²) in [7, 11) is 0. The minimum Gasteiger partial charge on any atom is -0.393 e. The molecule has 4 saturated carbocycles. The van der Waals surface area contributed by atoms with Crippen LogP contribution in [0.3, 0.4) is 0 Å². The monoisotopic (exact) mass is 428 g/mol. The van der Waals surface area contributed by atoms with Crippen molar-refractivity contribution in [3.05, 3.63) is 11.6 Å². The summed E-state index contributed by atoms with van der Waals surface area (Å²) in [6.07, 6.45) is 12.6. The van der Waals surface area contributed by atoms with E-state index >= 15 is 0 Å². The van der Waals surface area contributed by atoms with Crippen molar-refractivity contribution < 1.29 is 10.2 Å². The van der Waals surface area contributed by atoms with Gasteiger partial charge in [-0.05, 0) is 115 Å². The predicted octanol–water partition coefficient (Wildman–Crippen LogP) is 6.75. The van der Waals surface area contributed by atoms with E-state index in [9.17, 15) is 10.2 Å². The summed E-state index contributed by atoms with van der Waals surface area (Å²) in [4.78, 5) is 0. The zero-order chi connectivity index (χ0) is 22.6. The third-order valence-corrected chi connectivity index (χ3v) is 13.0. The quantitative estimate of drug-likeness (QED) is 0.419. The number of hydrogen-bond acceptors (Lipinski definition) is 2. The molecule has 2 nitrogen and oxygen atoms in total. The van der Waals surface area contributed by atoms with Gasteiger partial charge in [0.15, 0.2) is 0 Å². The van der Waals surface area contributed by atoms with Gasteiger partial charge in [-0.15, -0.1) is 0 Å². The Morgan fingerprint density at radius 2 is 1.55 bits per heavy atom. The van der Waals surface area contributed by atoms with E-state index in [0.29, 0.717) is 29.1 Å². The fraction of sp³-hybridized carbons (Fsp3) is 0.931. The predicted molar refractivity (Wildman–Crippen MR) is 127 cm³/mol. The molecule has 5 aliphatic rings. The molecule has 5 rings (SSSR count). The number of rotatable bonds is 0. The van der Waals surface area contributed by atoms with E-state index in [1.165, 1.54) is 38.5 Å². The van der Waals surface area contributed by atoms with Crippen LogP contribution in [0, 0.1) is 50.7 Å². The van der Waals surface area contributed by atoms with Crippen molar-refractivity contribution in [2.45, 2.75) is 118 Å². The first-order chi connectivity index (χ1) is 14.3. The molecule has 0 heterocycles. The number of aliphatic hydroxyl groups is 2. The maximum Gasteiger partial charge on any atom is 0.0594 e. The molecule has 5 aliphatic carbocycles. The van der Waals surface area contributed by atoms with E-state index in [4.69, 9.17) is 0 Å². The van der Waals surface area contributed by atoms with Crippen LogP contribution in [-0.4, -0.2) is 22.4 Å². The highest BCUT2D eigenvalue weighted by atomic mass is 16.3. The van der Waals surface area contributed by atoms with Gasteiger partial charge in [0.2, 0.25) is 0 Å². The summed E-state index contributed by atoms with van der Waals surface area (Å²) in [5, 5.41) is 22.7. The van der Waals surface area contributed by atoms with Crippen LogP contribution < -0.4 is 0 Å². The summed E-state index contributed by atoms with van der Waals surface area (Å²) >= 11 is 0. The first-order valence-corrected chi connectivity index (χ1v) is 13.3. The maximum absolute atomic E-state index is 11.9. The topological polar surface area (TPSA) is 40.5 Å². The molecule has 4 fully saturated rings. The lowest BCUT2D eigenvalue weighted by atomic mass is 9.31. The molecular formula is C29H48O2. The SMILES string of the molecule is CC1=CC[C@]2(C)CCC3(C)[C@H](C(O)CC4[C@@]5(C)CC[C@H](O)C(C)(C)C5CC[C@]43C)C2C1. The molecule has 2 heteroatoms. The molecule has 0 aliphatic heterocycles. The Morgan fingerprint density at radius 3 is 2.26 bits per heavy atom. The summed E-state index contributed by atoms with van der Waals surface area (Å²) in [6, 6.07) is 0. The Morgan fingerprint density at radius 1 is 0.839 bits per heavy atom. The van der Waals surface area contributed by atoms with Crippen LogP contribution in [0.25, 0.3) is 0 Å². The van der Waals surface area contributed by atoms with E-state index in [2.05, 4.69) is 54.5 Å². The molecule has 0 aromatic heterocycles. The summed E-state index contributed by atoms with van der Waals surface area (Å²) in [5.74, 6) is 2.17. The van der Waals surface area contributed by atoms with Crippen LogP contribution in [-0.2, 0) is 0 Å². The second kappa shape index (κ2) is 6.62. The normalized spacial score (nSPS) is 58.3. The van der Waals surface area contributed by atoms with Gasteiger partial charge in [0, 0.05) is 0 Å². The zero-order valence-corrected chi connectivity index (χ0v) is 21.3. The molecule has 0 amide bonds. The van der Waals surface area contributed by atoms with Crippen LogP contribution >= 0.6 is 0 Å². The van der Waals surface area contributed by atoms with Gasteiger partial charge in [0.25, 0.3) is 0 Å². The minimum atomic E-state index is -0.181.